The highest BCUT2D eigenvalue weighted by Crippen LogP contribution is 2.21. The SMILES string of the molecule is CCOC(=O)N1CCN(C(=O)CCN(C(C)=O)c2cccc(OC)c2)CC1. The van der Waals surface area contributed by atoms with E-state index in [1.165, 1.54) is 6.92 Å². The third kappa shape index (κ3) is 5.60. The zero-order valence-electron chi connectivity index (χ0n) is 16.1. The smallest absolute Gasteiger partial charge is 0.409 e. The lowest BCUT2D eigenvalue weighted by atomic mass is 10.2. The van der Waals surface area contributed by atoms with E-state index in [2.05, 4.69) is 0 Å². The van der Waals surface area contributed by atoms with Gasteiger partial charge in [0.2, 0.25) is 11.8 Å². The summed E-state index contributed by atoms with van der Waals surface area (Å²) in [6, 6.07) is 7.19. The number of carbonyl (C=O) groups is 3. The largest absolute Gasteiger partial charge is 0.497 e. The summed E-state index contributed by atoms with van der Waals surface area (Å²) in [5, 5.41) is 0. The van der Waals surface area contributed by atoms with Gasteiger partial charge in [0.15, 0.2) is 0 Å². The standard InChI is InChI=1S/C19H27N3O5/c1-4-27-19(25)21-12-10-20(11-13-21)18(24)8-9-22(15(2)23)16-6-5-7-17(14-16)26-3/h5-7,14H,4,8-13H2,1-3H3. The lowest BCUT2D eigenvalue weighted by Gasteiger charge is -2.34. The number of anilines is 1. The van der Waals surface area contributed by atoms with Gasteiger partial charge in [0.1, 0.15) is 5.75 Å². The summed E-state index contributed by atoms with van der Waals surface area (Å²) in [6.45, 7) is 5.72. The highest BCUT2D eigenvalue weighted by molar-refractivity contribution is 5.92. The van der Waals surface area contributed by atoms with Crippen LogP contribution in [0.5, 0.6) is 5.75 Å². The van der Waals surface area contributed by atoms with Crippen molar-refractivity contribution >= 4 is 23.6 Å². The molecule has 148 valence electrons. The molecule has 1 aliphatic rings. The number of nitrogens with zero attached hydrogens (tertiary/aromatic N) is 3. The van der Waals surface area contributed by atoms with E-state index in [4.69, 9.17) is 9.47 Å². The summed E-state index contributed by atoms with van der Waals surface area (Å²) in [7, 11) is 1.57. The molecule has 2 rings (SSSR count). The molecule has 0 aliphatic carbocycles. The number of benzene rings is 1. The van der Waals surface area contributed by atoms with E-state index in [-0.39, 0.29) is 24.3 Å². The Kier molecular flexibility index (Phi) is 7.45. The van der Waals surface area contributed by atoms with Crippen molar-refractivity contribution in [1.29, 1.82) is 0 Å². The molecule has 0 spiro atoms. The molecule has 1 heterocycles. The van der Waals surface area contributed by atoms with Crippen molar-refractivity contribution in [3.63, 3.8) is 0 Å². The minimum absolute atomic E-state index is 0.0346. The van der Waals surface area contributed by atoms with Crippen molar-refractivity contribution in [3.8, 4) is 5.75 Å². The number of hydrogen-bond donors (Lipinski definition) is 0. The first-order chi connectivity index (χ1) is 13.0. The summed E-state index contributed by atoms with van der Waals surface area (Å²) < 4.78 is 10.2. The summed E-state index contributed by atoms with van der Waals surface area (Å²) in [4.78, 5) is 41.1. The average Bonchev–Trinajstić information content (AvgIpc) is 2.68. The number of carbonyl (C=O) groups excluding carboxylic acids is 3. The Bertz CT molecular complexity index is 671. The van der Waals surface area contributed by atoms with Crippen molar-refractivity contribution in [1.82, 2.24) is 9.80 Å². The molecule has 1 aromatic rings. The molecule has 0 aromatic heterocycles. The summed E-state index contributed by atoms with van der Waals surface area (Å²) >= 11 is 0. The number of rotatable bonds is 6. The fourth-order valence-corrected chi connectivity index (χ4v) is 2.97. The van der Waals surface area contributed by atoms with Gasteiger partial charge in [0, 0.05) is 57.8 Å². The maximum Gasteiger partial charge on any atom is 0.409 e. The molecule has 0 radical (unpaired) electrons. The molecule has 1 aliphatic heterocycles. The molecule has 0 saturated carbocycles. The Morgan fingerprint density at radius 1 is 1.11 bits per heavy atom. The maximum absolute atomic E-state index is 12.5. The van der Waals surface area contributed by atoms with E-state index in [9.17, 15) is 14.4 Å². The van der Waals surface area contributed by atoms with Gasteiger partial charge in [-0.2, -0.15) is 0 Å². The van der Waals surface area contributed by atoms with Crippen LogP contribution in [0.15, 0.2) is 24.3 Å². The lowest BCUT2D eigenvalue weighted by molar-refractivity contribution is -0.132. The molecule has 1 saturated heterocycles. The first-order valence-corrected chi connectivity index (χ1v) is 9.08. The summed E-state index contributed by atoms with van der Waals surface area (Å²) in [6.07, 6.45) is -0.124. The van der Waals surface area contributed by atoms with Crippen LogP contribution in [0.3, 0.4) is 0 Å². The van der Waals surface area contributed by atoms with E-state index in [1.807, 2.05) is 6.07 Å². The number of hydrogen-bond acceptors (Lipinski definition) is 5. The van der Waals surface area contributed by atoms with Crippen LogP contribution < -0.4 is 9.64 Å². The number of amides is 3. The third-order valence-corrected chi connectivity index (χ3v) is 4.45. The molecule has 8 heteroatoms. The minimum atomic E-state index is -0.342. The molecule has 1 aromatic carbocycles. The van der Waals surface area contributed by atoms with Crippen molar-refractivity contribution in [2.24, 2.45) is 0 Å². The van der Waals surface area contributed by atoms with Gasteiger partial charge < -0.3 is 24.2 Å². The number of piperazine rings is 1. The highest BCUT2D eigenvalue weighted by atomic mass is 16.6. The molecule has 0 N–H and O–H groups in total. The van der Waals surface area contributed by atoms with E-state index < -0.39 is 0 Å². The molecular formula is C19H27N3O5. The maximum atomic E-state index is 12.5. The van der Waals surface area contributed by atoms with E-state index >= 15 is 0 Å². The van der Waals surface area contributed by atoms with Crippen LogP contribution >= 0.6 is 0 Å². The van der Waals surface area contributed by atoms with Crippen LogP contribution in [-0.4, -0.2) is 74.1 Å². The molecular weight excluding hydrogens is 350 g/mol. The Labute approximate surface area is 159 Å². The molecule has 0 bridgehead atoms. The number of methoxy groups -OCH3 is 1. The molecule has 0 atom stereocenters. The van der Waals surface area contributed by atoms with Crippen LogP contribution in [0.4, 0.5) is 10.5 Å². The zero-order chi connectivity index (χ0) is 19.8. The predicted molar refractivity (Wildman–Crippen MR) is 101 cm³/mol. The second kappa shape index (κ2) is 9.80. The first-order valence-electron chi connectivity index (χ1n) is 9.08. The van der Waals surface area contributed by atoms with E-state index in [0.29, 0.717) is 50.8 Å². The Balaban J connectivity index is 1.89. The van der Waals surface area contributed by atoms with Gasteiger partial charge in [-0.1, -0.05) is 6.07 Å². The topological polar surface area (TPSA) is 79.4 Å². The van der Waals surface area contributed by atoms with Gasteiger partial charge in [-0.3, -0.25) is 9.59 Å². The van der Waals surface area contributed by atoms with Crippen LogP contribution in [0.25, 0.3) is 0 Å². The predicted octanol–water partition coefficient (Wildman–Crippen LogP) is 1.74. The van der Waals surface area contributed by atoms with E-state index in [0.717, 1.165) is 0 Å². The van der Waals surface area contributed by atoms with Crippen molar-refractivity contribution < 1.29 is 23.9 Å². The lowest BCUT2D eigenvalue weighted by Crippen LogP contribution is -2.51. The molecule has 0 unspecified atom stereocenters. The molecule has 1 fully saturated rings. The fourth-order valence-electron chi connectivity index (χ4n) is 2.97. The van der Waals surface area contributed by atoms with Gasteiger partial charge in [-0.15, -0.1) is 0 Å². The second-order valence-electron chi connectivity index (χ2n) is 6.19. The van der Waals surface area contributed by atoms with Gasteiger partial charge in [0.05, 0.1) is 13.7 Å². The van der Waals surface area contributed by atoms with Crippen molar-refractivity contribution in [2.75, 3.05) is 51.3 Å². The van der Waals surface area contributed by atoms with Crippen LogP contribution in [0.1, 0.15) is 20.3 Å². The second-order valence-corrected chi connectivity index (χ2v) is 6.19. The zero-order valence-corrected chi connectivity index (χ0v) is 16.1. The molecule has 8 nitrogen and oxygen atoms in total. The summed E-state index contributed by atoms with van der Waals surface area (Å²) in [5.74, 6) is 0.482. The van der Waals surface area contributed by atoms with Crippen molar-refractivity contribution in [3.05, 3.63) is 24.3 Å². The quantitative estimate of drug-likeness (QED) is 0.754. The van der Waals surface area contributed by atoms with E-state index in [1.54, 1.807) is 46.9 Å². The molecule has 27 heavy (non-hydrogen) atoms. The first kappa shape index (κ1) is 20.5. The van der Waals surface area contributed by atoms with Crippen molar-refractivity contribution in [2.45, 2.75) is 20.3 Å². The Morgan fingerprint density at radius 3 is 2.37 bits per heavy atom. The van der Waals surface area contributed by atoms with Gasteiger partial charge in [-0.25, -0.2) is 4.79 Å². The van der Waals surface area contributed by atoms with Crippen LogP contribution in [-0.2, 0) is 14.3 Å². The number of ether oxygens (including phenoxy) is 2. The van der Waals surface area contributed by atoms with Crippen LogP contribution in [0, 0.1) is 0 Å². The minimum Gasteiger partial charge on any atom is -0.497 e. The fraction of sp³-hybridized carbons (Fsp3) is 0.526. The van der Waals surface area contributed by atoms with Crippen LogP contribution in [0.2, 0.25) is 0 Å². The molecule has 3 amide bonds. The monoisotopic (exact) mass is 377 g/mol. The third-order valence-electron chi connectivity index (χ3n) is 4.45. The summed E-state index contributed by atoms with van der Waals surface area (Å²) in [5.41, 5.74) is 0.696. The normalized spacial score (nSPS) is 13.9. The Morgan fingerprint density at radius 2 is 1.78 bits per heavy atom. The average molecular weight is 377 g/mol. The van der Waals surface area contributed by atoms with Gasteiger partial charge >= 0.3 is 6.09 Å². The van der Waals surface area contributed by atoms with Gasteiger partial charge in [-0.05, 0) is 19.1 Å². The van der Waals surface area contributed by atoms with Gasteiger partial charge in [0.25, 0.3) is 0 Å². The highest BCUT2D eigenvalue weighted by Gasteiger charge is 2.25. The Hall–Kier alpha value is -2.77.